The molecule has 2 saturated carbocycles. The van der Waals surface area contributed by atoms with E-state index in [1.165, 1.54) is 19.3 Å². The Kier molecular flexibility index (Phi) is 2.39. The molecule has 2 unspecified atom stereocenters. The van der Waals surface area contributed by atoms with Crippen LogP contribution in [0.4, 0.5) is 0 Å². The zero-order valence-corrected chi connectivity index (χ0v) is 9.40. The molecule has 0 radical (unpaired) electrons. The zero-order chi connectivity index (χ0) is 10.5. The molecule has 2 aliphatic rings. The normalized spacial score (nSPS) is 43.9. The molecule has 0 aromatic heterocycles. The summed E-state index contributed by atoms with van der Waals surface area (Å²) in [5, 5.41) is 19.5. The summed E-state index contributed by atoms with van der Waals surface area (Å²) < 4.78 is 0. The maximum absolute atomic E-state index is 10.0. The van der Waals surface area contributed by atoms with Crippen molar-refractivity contribution in [3.8, 4) is 0 Å². The molecule has 2 heteroatoms. The van der Waals surface area contributed by atoms with E-state index in [0.29, 0.717) is 11.8 Å². The van der Waals surface area contributed by atoms with Crippen molar-refractivity contribution in [2.45, 2.75) is 52.2 Å². The van der Waals surface area contributed by atoms with Crippen molar-refractivity contribution < 1.29 is 10.2 Å². The lowest BCUT2D eigenvalue weighted by Gasteiger charge is -2.41. The highest BCUT2D eigenvalue weighted by molar-refractivity contribution is 5.04. The Bertz CT molecular complexity index is 222. The van der Waals surface area contributed by atoms with Gasteiger partial charge in [-0.2, -0.15) is 0 Å². The van der Waals surface area contributed by atoms with Crippen molar-refractivity contribution in [3.63, 3.8) is 0 Å². The number of rotatable bonds is 2. The summed E-state index contributed by atoms with van der Waals surface area (Å²) in [5.41, 5.74) is 0.222. The summed E-state index contributed by atoms with van der Waals surface area (Å²) in [6, 6.07) is 0. The molecule has 0 amide bonds. The second kappa shape index (κ2) is 3.21. The Hall–Kier alpha value is -0.0800. The molecule has 2 bridgehead atoms. The van der Waals surface area contributed by atoms with Gasteiger partial charge in [0.25, 0.3) is 0 Å². The highest BCUT2D eigenvalue weighted by Crippen LogP contribution is 2.60. The summed E-state index contributed by atoms with van der Waals surface area (Å²) in [5.74, 6) is 1.73. The van der Waals surface area contributed by atoms with Gasteiger partial charge in [0.2, 0.25) is 0 Å². The fraction of sp³-hybridized carbons (Fsp3) is 1.00. The van der Waals surface area contributed by atoms with E-state index >= 15 is 0 Å². The molecule has 2 aliphatic carbocycles. The monoisotopic (exact) mass is 198 g/mol. The molecule has 0 saturated heterocycles. The molecule has 0 aliphatic heterocycles. The lowest BCUT2D eigenvalue weighted by atomic mass is 9.66. The Morgan fingerprint density at radius 2 is 1.86 bits per heavy atom. The van der Waals surface area contributed by atoms with Crippen LogP contribution in [0, 0.1) is 23.2 Å². The quantitative estimate of drug-likeness (QED) is 0.710. The maximum Gasteiger partial charge on any atom is 0.0832 e. The average molecular weight is 198 g/mol. The molecular formula is C12H22O2. The fourth-order valence-electron chi connectivity index (χ4n) is 3.92. The van der Waals surface area contributed by atoms with Crippen LogP contribution in [-0.2, 0) is 0 Å². The SMILES string of the molecule is CC(O)C(O)[C@@H]1[C@@H]2CC[C@@H](C2)C1(C)C. The number of aliphatic hydroxyl groups excluding tert-OH is 2. The molecule has 0 spiro atoms. The lowest BCUT2D eigenvalue weighted by Crippen LogP contribution is -2.43. The molecule has 14 heavy (non-hydrogen) atoms. The summed E-state index contributed by atoms with van der Waals surface area (Å²) in [6.45, 7) is 6.22. The smallest absolute Gasteiger partial charge is 0.0832 e. The van der Waals surface area contributed by atoms with Crippen LogP contribution in [0.15, 0.2) is 0 Å². The van der Waals surface area contributed by atoms with Gasteiger partial charge < -0.3 is 10.2 Å². The molecule has 2 fully saturated rings. The van der Waals surface area contributed by atoms with E-state index in [1.807, 2.05) is 0 Å². The van der Waals surface area contributed by atoms with Crippen molar-refractivity contribution >= 4 is 0 Å². The van der Waals surface area contributed by atoms with Crippen LogP contribution in [0.1, 0.15) is 40.0 Å². The van der Waals surface area contributed by atoms with E-state index in [9.17, 15) is 10.2 Å². The van der Waals surface area contributed by atoms with Gasteiger partial charge in [-0.25, -0.2) is 0 Å². The molecule has 2 rings (SSSR count). The predicted octanol–water partition coefficient (Wildman–Crippen LogP) is 1.80. The van der Waals surface area contributed by atoms with Gasteiger partial charge in [0.05, 0.1) is 12.2 Å². The summed E-state index contributed by atoms with van der Waals surface area (Å²) in [6.07, 6.45) is 2.73. The third kappa shape index (κ3) is 1.31. The first-order valence-corrected chi connectivity index (χ1v) is 5.80. The average Bonchev–Trinajstić information content (AvgIpc) is 2.60. The maximum atomic E-state index is 10.0. The standard InChI is InChI=1S/C12H22O2/c1-7(13)11(14)10-8-4-5-9(6-8)12(10,2)3/h7-11,13-14H,4-6H2,1-3H3/t7?,8-,9+,10+,11?/m1/s1. The van der Waals surface area contributed by atoms with Crippen LogP contribution in [-0.4, -0.2) is 22.4 Å². The van der Waals surface area contributed by atoms with Gasteiger partial charge in [0.15, 0.2) is 0 Å². The van der Waals surface area contributed by atoms with E-state index in [-0.39, 0.29) is 5.41 Å². The first kappa shape index (κ1) is 10.4. The molecule has 2 N–H and O–H groups in total. The predicted molar refractivity (Wildman–Crippen MR) is 55.8 cm³/mol. The molecule has 0 heterocycles. The second-order valence-electron chi connectivity index (χ2n) is 5.85. The molecule has 0 aromatic carbocycles. The number of hydrogen-bond acceptors (Lipinski definition) is 2. The Labute approximate surface area is 86.3 Å². The van der Waals surface area contributed by atoms with Gasteiger partial charge >= 0.3 is 0 Å². The van der Waals surface area contributed by atoms with Crippen molar-refractivity contribution in [2.24, 2.45) is 23.2 Å². The topological polar surface area (TPSA) is 40.5 Å². The summed E-state index contributed by atoms with van der Waals surface area (Å²) >= 11 is 0. The first-order chi connectivity index (χ1) is 6.44. The number of fused-ring (bicyclic) bond motifs is 2. The third-order valence-electron chi connectivity index (χ3n) is 4.75. The Morgan fingerprint density at radius 3 is 2.29 bits per heavy atom. The van der Waals surface area contributed by atoms with Crippen LogP contribution in [0.5, 0.6) is 0 Å². The van der Waals surface area contributed by atoms with Gasteiger partial charge in [-0.3, -0.25) is 0 Å². The van der Waals surface area contributed by atoms with Crippen LogP contribution in [0.2, 0.25) is 0 Å². The Morgan fingerprint density at radius 1 is 1.21 bits per heavy atom. The van der Waals surface area contributed by atoms with Crippen molar-refractivity contribution in [1.82, 2.24) is 0 Å². The van der Waals surface area contributed by atoms with E-state index in [2.05, 4.69) is 13.8 Å². The molecule has 0 aromatic rings. The molecule has 5 atom stereocenters. The highest BCUT2D eigenvalue weighted by Gasteiger charge is 2.55. The van der Waals surface area contributed by atoms with Crippen LogP contribution in [0.3, 0.4) is 0 Å². The minimum absolute atomic E-state index is 0.222. The van der Waals surface area contributed by atoms with E-state index in [1.54, 1.807) is 6.92 Å². The number of aliphatic hydroxyl groups is 2. The third-order valence-corrected chi connectivity index (χ3v) is 4.75. The fourth-order valence-corrected chi connectivity index (χ4v) is 3.92. The molecule has 2 nitrogen and oxygen atoms in total. The van der Waals surface area contributed by atoms with Crippen molar-refractivity contribution in [2.75, 3.05) is 0 Å². The minimum Gasteiger partial charge on any atom is -0.391 e. The van der Waals surface area contributed by atoms with E-state index in [0.717, 1.165) is 5.92 Å². The zero-order valence-electron chi connectivity index (χ0n) is 9.40. The first-order valence-electron chi connectivity index (χ1n) is 5.80. The highest BCUT2D eigenvalue weighted by atomic mass is 16.3. The van der Waals surface area contributed by atoms with Gasteiger partial charge in [0.1, 0.15) is 0 Å². The van der Waals surface area contributed by atoms with Crippen molar-refractivity contribution in [1.29, 1.82) is 0 Å². The summed E-state index contributed by atoms with van der Waals surface area (Å²) in [4.78, 5) is 0. The molecule has 82 valence electrons. The van der Waals surface area contributed by atoms with E-state index < -0.39 is 12.2 Å². The largest absolute Gasteiger partial charge is 0.391 e. The van der Waals surface area contributed by atoms with Gasteiger partial charge in [-0.15, -0.1) is 0 Å². The minimum atomic E-state index is -0.585. The lowest BCUT2D eigenvalue weighted by molar-refractivity contribution is -0.0654. The molecular weight excluding hydrogens is 176 g/mol. The van der Waals surface area contributed by atoms with Gasteiger partial charge in [-0.05, 0) is 49.4 Å². The van der Waals surface area contributed by atoms with Crippen LogP contribution in [0.25, 0.3) is 0 Å². The Balaban J connectivity index is 2.19. The van der Waals surface area contributed by atoms with E-state index in [4.69, 9.17) is 0 Å². The van der Waals surface area contributed by atoms with Crippen LogP contribution < -0.4 is 0 Å². The number of hydrogen-bond donors (Lipinski definition) is 2. The van der Waals surface area contributed by atoms with Crippen molar-refractivity contribution in [3.05, 3.63) is 0 Å². The van der Waals surface area contributed by atoms with Crippen LogP contribution >= 0.6 is 0 Å². The second-order valence-corrected chi connectivity index (χ2v) is 5.85. The van der Waals surface area contributed by atoms with Gasteiger partial charge in [-0.1, -0.05) is 13.8 Å². The summed E-state index contributed by atoms with van der Waals surface area (Å²) in [7, 11) is 0. The van der Waals surface area contributed by atoms with Gasteiger partial charge in [0, 0.05) is 0 Å².